The van der Waals surface area contributed by atoms with Crippen molar-refractivity contribution in [3.05, 3.63) is 65.0 Å². The first-order chi connectivity index (χ1) is 14.1. The minimum absolute atomic E-state index is 0.0377. The summed E-state index contributed by atoms with van der Waals surface area (Å²) < 4.78 is 14.8. The molecule has 1 atom stereocenters. The number of thiophene rings is 1. The van der Waals surface area contributed by atoms with E-state index >= 15 is 0 Å². The van der Waals surface area contributed by atoms with Crippen molar-refractivity contribution in [3.63, 3.8) is 0 Å². The second kappa shape index (κ2) is 8.71. The zero-order valence-corrected chi connectivity index (χ0v) is 17.2. The fraction of sp³-hybridized carbons (Fsp3) is 0.200. The lowest BCUT2D eigenvalue weighted by molar-refractivity contribution is -0.120. The molecule has 3 heterocycles. The van der Waals surface area contributed by atoms with Gasteiger partial charge in [0.1, 0.15) is 17.2 Å². The number of aromatic nitrogens is 4. The first-order valence-electron chi connectivity index (χ1n) is 9.03. The SMILES string of the molecule is CC(Sc1ncnc2c1cnn2-c1ccc(F)cc1)C(=O)NCCc1cccs1. The van der Waals surface area contributed by atoms with E-state index in [0.717, 1.165) is 11.8 Å². The van der Waals surface area contributed by atoms with Crippen molar-refractivity contribution in [2.45, 2.75) is 23.6 Å². The molecule has 0 radical (unpaired) electrons. The molecule has 4 aromatic rings. The Labute approximate surface area is 175 Å². The van der Waals surface area contributed by atoms with Crippen LogP contribution in [0.4, 0.5) is 4.39 Å². The molecule has 0 aliphatic heterocycles. The second-order valence-corrected chi connectivity index (χ2v) is 8.69. The third kappa shape index (κ3) is 4.46. The van der Waals surface area contributed by atoms with E-state index < -0.39 is 0 Å². The lowest BCUT2D eigenvalue weighted by Gasteiger charge is -2.11. The molecule has 9 heteroatoms. The number of carbonyl (C=O) groups is 1. The van der Waals surface area contributed by atoms with Gasteiger partial charge in [0.05, 0.1) is 22.5 Å². The van der Waals surface area contributed by atoms with Gasteiger partial charge in [-0.1, -0.05) is 17.8 Å². The maximum Gasteiger partial charge on any atom is 0.233 e. The molecule has 0 spiro atoms. The molecule has 29 heavy (non-hydrogen) atoms. The Bertz CT molecular complexity index is 1110. The Balaban J connectivity index is 1.46. The molecule has 1 aromatic carbocycles. The quantitative estimate of drug-likeness (QED) is 0.358. The molecule has 4 rings (SSSR count). The highest BCUT2D eigenvalue weighted by Gasteiger charge is 2.18. The van der Waals surface area contributed by atoms with Gasteiger partial charge in [-0.05, 0) is 49.1 Å². The number of hydrogen-bond donors (Lipinski definition) is 1. The van der Waals surface area contributed by atoms with Gasteiger partial charge in [-0.2, -0.15) is 5.10 Å². The third-order valence-electron chi connectivity index (χ3n) is 4.31. The van der Waals surface area contributed by atoms with Crippen molar-refractivity contribution in [1.82, 2.24) is 25.1 Å². The Hall–Kier alpha value is -2.78. The zero-order valence-electron chi connectivity index (χ0n) is 15.6. The summed E-state index contributed by atoms with van der Waals surface area (Å²) in [5.41, 5.74) is 1.31. The van der Waals surface area contributed by atoms with E-state index in [1.807, 2.05) is 18.4 Å². The molecular weight excluding hydrogens is 409 g/mol. The molecule has 0 saturated heterocycles. The number of benzene rings is 1. The predicted molar refractivity (Wildman–Crippen MR) is 113 cm³/mol. The van der Waals surface area contributed by atoms with Gasteiger partial charge in [0.2, 0.25) is 5.91 Å². The number of nitrogens with zero attached hydrogens (tertiary/aromatic N) is 4. The number of hydrogen-bond acceptors (Lipinski definition) is 6. The summed E-state index contributed by atoms with van der Waals surface area (Å²) >= 11 is 3.05. The molecule has 0 fully saturated rings. The molecule has 1 N–H and O–H groups in total. The Kier molecular flexibility index (Phi) is 5.86. The summed E-state index contributed by atoms with van der Waals surface area (Å²) in [5, 5.41) is 10.5. The van der Waals surface area contributed by atoms with Crippen LogP contribution in [0.5, 0.6) is 0 Å². The predicted octanol–water partition coefficient (Wildman–Crippen LogP) is 3.86. The summed E-state index contributed by atoms with van der Waals surface area (Å²) in [4.78, 5) is 22.3. The molecular formula is C20H18FN5OS2. The number of rotatable bonds is 7. The number of amides is 1. The molecule has 0 saturated carbocycles. The lowest BCUT2D eigenvalue weighted by Crippen LogP contribution is -2.32. The molecule has 1 amide bonds. The zero-order chi connectivity index (χ0) is 20.2. The van der Waals surface area contributed by atoms with Crippen LogP contribution < -0.4 is 5.32 Å². The Morgan fingerprint density at radius 3 is 2.86 bits per heavy atom. The summed E-state index contributed by atoms with van der Waals surface area (Å²) in [6.45, 7) is 2.45. The Morgan fingerprint density at radius 2 is 2.10 bits per heavy atom. The summed E-state index contributed by atoms with van der Waals surface area (Å²) in [6, 6.07) is 10.1. The van der Waals surface area contributed by atoms with E-state index in [1.165, 1.54) is 35.1 Å². The topological polar surface area (TPSA) is 72.7 Å². The smallest absolute Gasteiger partial charge is 0.233 e. The monoisotopic (exact) mass is 427 g/mol. The highest BCUT2D eigenvalue weighted by Crippen LogP contribution is 2.28. The summed E-state index contributed by atoms with van der Waals surface area (Å²) in [7, 11) is 0. The van der Waals surface area contributed by atoms with Crippen molar-refractivity contribution in [2.75, 3.05) is 6.54 Å². The minimum Gasteiger partial charge on any atom is -0.355 e. The summed E-state index contributed by atoms with van der Waals surface area (Å²) in [6.07, 6.45) is 3.94. The van der Waals surface area contributed by atoms with E-state index in [0.29, 0.717) is 22.9 Å². The van der Waals surface area contributed by atoms with Gasteiger partial charge in [0.25, 0.3) is 0 Å². The molecule has 0 aliphatic carbocycles. The van der Waals surface area contributed by atoms with Gasteiger partial charge in [-0.3, -0.25) is 4.79 Å². The van der Waals surface area contributed by atoms with E-state index in [4.69, 9.17) is 0 Å². The second-order valence-electron chi connectivity index (χ2n) is 6.33. The first-order valence-corrected chi connectivity index (χ1v) is 10.8. The van der Waals surface area contributed by atoms with Gasteiger partial charge < -0.3 is 5.32 Å². The Morgan fingerprint density at radius 1 is 1.28 bits per heavy atom. The maximum atomic E-state index is 13.2. The highest BCUT2D eigenvalue weighted by molar-refractivity contribution is 8.00. The van der Waals surface area contributed by atoms with Crippen LogP contribution in [0.25, 0.3) is 16.7 Å². The standard InChI is InChI=1S/C20H18FN5OS2/c1-13(19(27)22-9-8-16-3-2-10-28-16)29-20-17-11-25-26(18(17)23-12-24-20)15-6-4-14(21)5-7-15/h2-7,10-13H,8-9H2,1H3,(H,22,27). The van der Waals surface area contributed by atoms with E-state index in [-0.39, 0.29) is 17.0 Å². The van der Waals surface area contributed by atoms with Crippen molar-refractivity contribution < 1.29 is 9.18 Å². The van der Waals surface area contributed by atoms with Crippen LogP contribution >= 0.6 is 23.1 Å². The van der Waals surface area contributed by atoms with Crippen LogP contribution in [0.2, 0.25) is 0 Å². The van der Waals surface area contributed by atoms with Gasteiger partial charge in [-0.15, -0.1) is 11.3 Å². The van der Waals surface area contributed by atoms with E-state index in [2.05, 4.69) is 26.4 Å². The molecule has 148 valence electrons. The van der Waals surface area contributed by atoms with Gasteiger partial charge in [0.15, 0.2) is 5.65 Å². The largest absolute Gasteiger partial charge is 0.355 e. The number of carbonyl (C=O) groups excluding carboxylic acids is 1. The first kappa shape index (κ1) is 19.5. The van der Waals surface area contributed by atoms with Crippen LogP contribution in [-0.2, 0) is 11.2 Å². The molecule has 1 unspecified atom stereocenters. The van der Waals surface area contributed by atoms with Crippen molar-refractivity contribution in [2.24, 2.45) is 0 Å². The van der Waals surface area contributed by atoms with E-state index in [1.54, 1.807) is 34.3 Å². The molecule has 0 aliphatic rings. The van der Waals surface area contributed by atoms with Crippen molar-refractivity contribution in [3.8, 4) is 5.69 Å². The van der Waals surface area contributed by atoms with Crippen LogP contribution in [0, 0.1) is 5.82 Å². The average molecular weight is 428 g/mol. The van der Waals surface area contributed by atoms with Crippen LogP contribution in [0.1, 0.15) is 11.8 Å². The average Bonchev–Trinajstić information content (AvgIpc) is 3.39. The number of fused-ring (bicyclic) bond motifs is 1. The van der Waals surface area contributed by atoms with Gasteiger partial charge in [-0.25, -0.2) is 19.0 Å². The minimum atomic E-state index is -0.314. The molecule has 0 bridgehead atoms. The van der Waals surface area contributed by atoms with Crippen LogP contribution in [-0.4, -0.2) is 37.5 Å². The molecule has 6 nitrogen and oxygen atoms in total. The van der Waals surface area contributed by atoms with Crippen LogP contribution in [0.3, 0.4) is 0 Å². The van der Waals surface area contributed by atoms with E-state index in [9.17, 15) is 9.18 Å². The number of halogens is 1. The normalized spacial score (nSPS) is 12.2. The summed E-state index contributed by atoms with van der Waals surface area (Å²) in [5.74, 6) is -0.348. The fourth-order valence-electron chi connectivity index (χ4n) is 2.82. The lowest BCUT2D eigenvalue weighted by atomic mass is 10.3. The molecule has 3 aromatic heterocycles. The van der Waals surface area contributed by atoms with Gasteiger partial charge in [0, 0.05) is 11.4 Å². The van der Waals surface area contributed by atoms with Crippen molar-refractivity contribution >= 4 is 40.0 Å². The maximum absolute atomic E-state index is 13.2. The highest BCUT2D eigenvalue weighted by atomic mass is 32.2. The fourth-order valence-corrected chi connectivity index (χ4v) is 4.43. The third-order valence-corrected chi connectivity index (χ3v) is 6.36. The van der Waals surface area contributed by atoms with Crippen molar-refractivity contribution in [1.29, 1.82) is 0 Å². The number of thioether (sulfide) groups is 1. The van der Waals surface area contributed by atoms with Gasteiger partial charge >= 0.3 is 0 Å². The number of nitrogens with one attached hydrogen (secondary N) is 1. The van der Waals surface area contributed by atoms with Crippen LogP contribution in [0.15, 0.2) is 59.3 Å².